The zero-order chi connectivity index (χ0) is 21.7. The third-order valence-corrected chi connectivity index (χ3v) is 4.64. The van der Waals surface area contributed by atoms with Crippen LogP contribution in [0.25, 0.3) is 0 Å². The Balaban J connectivity index is 3.12. The fourth-order valence-electron chi connectivity index (χ4n) is 2.41. The molecular weight excluding hydrogens is 475 g/mol. The van der Waals surface area contributed by atoms with Gasteiger partial charge in [0.15, 0.2) is 0 Å². The van der Waals surface area contributed by atoms with E-state index in [1.165, 1.54) is 19.1 Å². The molecule has 0 saturated heterocycles. The van der Waals surface area contributed by atoms with Gasteiger partial charge in [-0.2, -0.15) is 0 Å². The van der Waals surface area contributed by atoms with E-state index in [9.17, 15) is 14.4 Å². The molecule has 0 saturated carbocycles. The number of carbonyl (C=O) groups excluding carboxylic acids is 3. The SMILES string of the molecule is COC(=O)C(C)(C)NC(=O)[C@H](Cc1ccc(I)cc1)N(C)C(=O)OC(C)(C)C. The van der Waals surface area contributed by atoms with Crippen molar-refractivity contribution in [3.8, 4) is 0 Å². The van der Waals surface area contributed by atoms with E-state index in [1.807, 2.05) is 24.3 Å². The smallest absolute Gasteiger partial charge is 0.410 e. The molecule has 1 atom stereocenters. The number of amides is 2. The number of ether oxygens (including phenoxy) is 2. The molecule has 7 nitrogen and oxygen atoms in total. The van der Waals surface area contributed by atoms with E-state index >= 15 is 0 Å². The Morgan fingerprint density at radius 2 is 1.64 bits per heavy atom. The first-order valence-electron chi connectivity index (χ1n) is 8.87. The number of benzene rings is 1. The Labute approximate surface area is 180 Å². The summed E-state index contributed by atoms with van der Waals surface area (Å²) < 4.78 is 11.2. The van der Waals surface area contributed by atoms with Gasteiger partial charge in [-0.25, -0.2) is 9.59 Å². The van der Waals surface area contributed by atoms with Gasteiger partial charge in [0.1, 0.15) is 17.2 Å². The standard InChI is InChI=1S/C20H29IN2O5/c1-19(2,3)28-18(26)23(6)15(12-13-8-10-14(21)11-9-13)16(24)22-20(4,5)17(25)27-7/h8-11,15H,12H2,1-7H3,(H,22,24)/t15-/m0/s1. The predicted molar refractivity (Wildman–Crippen MR) is 115 cm³/mol. The number of esters is 1. The number of nitrogens with zero attached hydrogens (tertiary/aromatic N) is 1. The lowest BCUT2D eigenvalue weighted by Gasteiger charge is -2.32. The van der Waals surface area contributed by atoms with Crippen molar-refractivity contribution in [2.75, 3.05) is 14.2 Å². The van der Waals surface area contributed by atoms with Crippen molar-refractivity contribution in [1.29, 1.82) is 0 Å². The molecule has 0 radical (unpaired) electrons. The van der Waals surface area contributed by atoms with Crippen molar-refractivity contribution in [2.45, 2.75) is 58.2 Å². The Hall–Kier alpha value is -1.84. The van der Waals surface area contributed by atoms with Crippen LogP contribution in [0.5, 0.6) is 0 Å². The molecule has 0 heterocycles. The van der Waals surface area contributed by atoms with E-state index in [2.05, 4.69) is 27.9 Å². The second kappa shape index (κ2) is 9.58. The first-order valence-corrected chi connectivity index (χ1v) is 9.95. The summed E-state index contributed by atoms with van der Waals surface area (Å²) in [5, 5.41) is 2.67. The molecule has 1 N–H and O–H groups in total. The second-order valence-corrected chi connectivity index (χ2v) is 9.29. The van der Waals surface area contributed by atoms with Gasteiger partial charge >= 0.3 is 12.1 Å². The average molecular weight is 504 g/mol. The molecule has 0 aliphatic rings. The summed E-state index contributed by atoms with van der Waals surface area (Å²) in [5.74, 6) is -1.05. The third-order valence-electron chi connectivity index (χ3n) is 3.93. The van der Waals surface area contributed by atoms with Gasteiger partial charge in [-0.1, -0.05) is 12.1 Å². The average Bonchev–Trinajstić information content (AvgIpc) is 2.57. The number of hydrogen-bond acceptors (Lipinski definition) is 5. The minimum absolute atomic E-state index is 0.274. The van der Waals surface area contributed by atoms with Crippen LogP contribution in [0.3, 0.4) is 0 Å². The van der Waals surface area contributed by atoms with Crippen LogP contribution in [0.2, 0.25) is 0 Å². The van der Waals surface area contributed by atoms with Crippen LogP contribution < -0.4 is 5.32 Å². The highest BCUT2D eigenvalue weighted by molar-refractivity contribution is 14.1. The van der Waals surface area contributed by atoms with Crippen molar-refractivity contribution in [3.05, 3.63) is 33.4 Å². The molecule has 0 bridgehead atoms. The molecule has 0 fully saturated rings. The quantitative estimate of drug-likeness (QED) is 0.476. The number of methoxy groups -OCH3 is 1. The molecule has 28 heavy (non-hydrogen) atoms. The normalized spacial score (nSPS) is 12.7. The molecule has 0 aliphatic heterocycles. The molecule has 156 valence electrons. The maximum absolute atomic E-state index is 13.0. The van der Waals surface area contributed by atoms with E-state index in [-0.39, 0.29) is 6.42 Å². The van der Waals surface area contributed by atoms with Crippen LogP contribution in [-0.4, -0.2) is 54.2 Å². The lowest BCUT2D eigenvalue weighted by atomic mass is 10.0. The lowest BCUT2D eigenvalue weighted by molar-refractivity contribution is -0.150. The van der Waals surface area contributed by atoms with Crippen LogP contribution in [0.15, 0.2) is 24.3 Å². The summed E-state index contributed by atoms with van der Waals surface area (Å²) in [4.78, 5) is 38.7. The summed E-state index contributed by atoms with van der Waals surface area (Å²) in [5.41, 5.74) is -1.04. The highest BCUT2D eigenvalue weighted by Gasteiger charge is 2.36. The molecule has 0 unspecified atom stereocenters. The van der Waals surface area contributed by atoms with Crippen LogP contribution >= 0.6 is 22.6 Å². The van der Waals surface area contributed by atoms with Gasteiger partial charge in [-0.05, 0) is 74.9 Å². The number of carbonyl (C=O) groups is 3. The number of likely N-dealkylation sites (N-methyl/N-ethyl adjacent to an activating group) is 1. The van der Waals surface area contributed by atoms with Gasteiger partial charge in [0.05, 0.1) is 7.11 Å². The first kappa shape index (κ1) is 24.2. The lowest BCUT2D eigenvalue weighted by Crippen LogP contribution is -2.57. The molecule has 0 spiro atoms. The number of halogens is 1. The maximum Gasteiger partial charge on any atom is 0.410 e. The minimum atomic E-state index is -1.23. The zero-order valence-electron chi connectivity index (χ0n) is 17.5. The van der Waals surface area contributed by atoms with Gasteiger partial charge in [0.2, 0.25) is 5.91 Å². The van der Waals surface area contributed by atoms with Crippen LogP contribution in [0.1, 0.15) is 40.2 Å². The van der Waals surface area contributed by atoms with E-state index in [4.69, 9.17) is 9.47 Å². The van der Waals surface area contributed by atoms with Gasteiger partial charge < -0.3 is 14.8 Å². The van der Waals surface area contributed by atoms with Crippen molar-refractivity contribution < 1.29 is 23.9 Å². The highest BCUT2D eigenvalue weighted by Crippen LogP contribution is 2.16. The van der Waals surface area contributed by atoms with E-state index < -0.39 is 35.2 Å². The molecule has 2 amide bonds. The Morgan fingerprint density at radius 3 is 2.11 bits per heavy atom. The van der Waals surface area contributed by atoms with Gasteiger partial charge in [0, 0.05) is 17.0 Å². The second-order valence-electron chi connectivity index (χ2n) is 8.04. The Morgan fingerprint density at radius 1 is 1.11 bits per heavy atom. The maximum atomic E-state index is 13.0. The van der Waals surface area contributed by atoms with Crippen molar-refractivity contribution >= 4 is 40.6 Å². The molecule has 8 heteroatoms. The zero-order valence-corrected chi connectivity index (χ0v) is 19.6. The Kier molecular flexibility index (Phi) is 8.28. The topological polar surface area (TPSA) is 84.9 Å². The van der Waals surface area contributed by atoms with Gasteiger partial charge in [-0.15, -0.1) is 0 Å². The summed E-state index contributed by atoms with van der Waals surface area (Å²) in [6, 6.07) is 6.79. The fraction of sp³-hybridized carbons (Fsp3) is 0.550. The van der Waals surface area contributed by atoms with Crippen LogP contribution in [-0.2, 0) is 25.5 Å². The fourth-order valence-corrected chi connectivity index (χ4v) is 2.77. The molecule has 1 rings (SSSR count). The molecular formula is C20H29IN2O5. The first-order chi connectivity index (χ1) is 12.8. The third kappa shape index (κ3) is 7.29. The summed E-state index contributed by atoms with van der Waals surface area (Å²) in [7, 11) is 2.77. The monoisotopic (exact) mass is 504 g/mol. The molecule has 1 aromatic rings. The van der Waals surface area contributed by atoms with Crippen LogP contribution in [0, 0.1) is 3.57 Å². The van der Waals surface area contributed by atoms with Gasteiger partial charge in [-0.3, -0.25) is 9.69 Å². The molecule has 1 aromatic carbocycles. The number of hydrogen-bond donors (Lipinski definition) is 1. The van der Waals surface area contributed by atoms with Crippen molar-refractivity contribution in [2.24, 2.45) is 0 Å². The van der Waals surface area contributed by atoms with E-state index in [0.717, 1.165) is 9.13 Å². The van der Waals surface area contributed by atoms with Crippen molar-refractivity contribution in [3.63, 3.8) is 0 Å². The summed E-state index contributed by atoms with van der Waals surface area (Å²) >= 11 is 2.20. The minimum Gasteiger partial charge on any atom is -0.467 e. The number of nitrogens with one attached hydrogen (secondary N) is 1. The molecule has 0 aromatic heterocycles. The molecule has 0 aliphatic carbocycles. The highest BCUT2D eigenvalue weighted by atomic mass is 127. The summed E-state index contributed by atoms with van der Waals surface area (Å²) in [6.07, 6.45) is -0.343. The Bertz CT molecular complexity index is 710. The van der Waals surface area contributed by atoms with E-state index in [0.29, 0.717) is 0 Å². The summed E-state index contributed by atoms with van der Waals surface area (Å²) in [6.45, 7) is 8.37. The largest absolute Gasteiger partial charge is 0.467 e. The number of rotatable bonds is 6. The van der Waals surface area contributed by atoms with Gasteiger partial charge in [0.25, 0.3) is 0 Å². The van der Waals surface area contributed by atoms with Crippen LogP contribution in [0.4, 0.5) is 4.79 Å². The van der Waals surface area contributed by atoms with E-state index in [1.54, 1.807) is 34.6 Å². The van der Waals surface area contributed by atoms with Crippen molar-refractivity contribution in [1.82, 2.24) is 10.2 Å². The predicted octanol–water partition coefficient (Wildman–Crippen LogP) is 3.14.